The molecule has 0 bridgehead atoms. The molecule has 0 aromatic carbocycles. The third kappa shape index (κ3) is 2.01. The van der Waals surface area contributed by atoms with Crippen LogP contribution in [0.1, 0.15) is 40.0 Å². The largest absolute Gasteiger partial charge is 0.306 e. The highest BCUT2D eigenvalue weighted by molar-refractivity contribution is 4.87. The van der Waals surface area contributed by atoms with Crippen molar-refractivity contribution in [2.45, 2.75) is 46.1 Å². The molecule has 1 rings (SSSR count). The van der Waals surface area contributed by atoms with E-state index >= 15 is 0 Å². The fraction of sp³-hybridized carbons (Fsp3) is 1.00. The first kappa shape index (κ1) is 10.0. The summed E-state index contributed by atoms with van der Waals surface area (Å²) in [6.07, 6.45) is 4.15. The highest BCUT2D eigenvalue weighted by atomic mass is 15.1. The first-order valence-corrected chi connectivity index (χ1v) is 5.10. The first-order valence-electron chi connectivity index (χ1n) is 5.10. The van der Waals surface area contributed by atoms with Crippen molar-refractivity contribution in [2.24, 2.45) is 11.3 Å². The van der Waals surface area contributed by atoms with Crippen LogP contribution in [0, 0.1) is 11.3 Å². The molecule has 0 aromatic heterocycles. The Morgan fingerprint density at radius 2 is 1.75 bits per heavy atom. The lowest BCUT2D eigenvalue weighted by Crippen LogP contribution is -2.40. The minimum Gasteiger partial charge on any atom is -0.306 e. The monoisotopic (exact) mass is 169 g/mol. The summed E-state index contributed by atoms with van der Waals surface area (Å²) < 4.78 is 0. The van der Waals surface area contributed by atoms with Crippen molar-refractivity contribution in [1.29, 1.82) is 0 Å². The lowest BCUT2D eigenvalue weighted by atomic mass is 9.68. The molecule has 0 aromatic rings. The Morgan fingerprint density at radius 1 is 1.17 bits per heavy atom. The summed E-state index contributed by atoms with van der Waals surface area (Å²) in [5.74, 6) is 0.897. The van der Waals surface area contributed by atoms with Gasteiger partial charge in [0.2, 0.25) is 0 Å². The average molecular weight is 169 g/mol. The molecule has 72 valence electrons. The van der Waals surface area contributed by atoms with Crippen molar-refractivity contribution in [3.63, 3.8) is 0 Å². The summed E-state index contributed by atoms with van der Waals surface area (Å²) >= 11 is 0. The summed E-state index contributed by atoms with van der Waals surface area (Å²) in [6.45, 7) is 7.21. The van der Waals surface area contributed by atoms with Gasteiger partial charge in [-0.25, -0.2) is 0 Å². The third-order valence-corrected chi connectivity index (χ3v) is 3.76. The van der Waals surface area contributed by atoms with Gasteiger partial charge in [0, 0.05) is 6.04 Å². The lowest BCUT2D eigenvalue weighted by Gasteiger charge is -2.43. The highest BCUT2D eigenvalue weighted by Crippen LogP contribution is 2.41. The van der Waals surface area contributed by atoms with E-state index in [1.54, 1.807) is 0 Å². The fourth-order valence-electron chi connectivity index (χ4n) is 2.18. The van der Waals surface area contributed by atoms with Gasteiger partial charge in [0.15, 0.2) is 0 Å². The van der Waals surface area contributed by atoms with Crippen molar-refractivity contribution in [1.82, 2.24) is 4.90 Å². The van der Waals surface area contributed by atoms with E-state index in [-0.39, 0.29) is 0 Å². The maximum absolute atomic E-state index is 2.41. The van der Waals surface area contributed by atoms with E-state index in [2.05, 4.69) is 39.8 Å². The van der Waals surface area contributed by atoms with Crippen molar-refractivity contribution in [3.05, 3.63) is 0 Å². The van der Waals surface area contributed by atoms with Crippen LogP contribution in [0.25, 0.3) is 0 Å². The van der Waals surface area contributed by atoms with Gasteiger partial charge in [-0.1, -0.05) is 20.8 Å². The quantitative estimate of drug-likeness (QED) is 0.583. The summed E-state index contributed by atoms with van der Waals surface area (Å²) in [5, 5.41) is 0. The zero-order valence-corrected chi connectivity index (χ0v) is 9.22. The molecule has 1 aliphatic rings. The molecule has 1 aliphatic carbocycles. The zero-order valence-electron chi connectivity index (χ0n) is 9.22. The fourth-order valence-corrected chi connectivity index (χ4v) is 2.18. The van der Waals surface area contributed by atoms with Crippen LogP contribution >= 0.6 is 0 Å². The molecule has 2 atom stereocenters. The average Bonchev–Trinajstić information content (AvgIpc) is 1.94. The Labute approximate surface area is 77.1 Å². The standard InChI is InChI=1S/C11H23N/c1-9-6-7-10(12(4)5)8-11(9,2)3/h9-10H,6-8H2,1-5H3/t9?,10-/m1/s1. The number of rotatable bonds is 1. The second kappa shape index (κ2) is 3.37. The molecular weight excluding hydrogens is 146 g/mol. The predicted molar refractivity (Wildman–Crippen MR) is 54.3 cm³/mol. The lowest BCUT2D eigenvalue weighted by molar-refractivity contribution is 0.0804. The van der Waals surface area contributed by atoms with Crippen LogP contribution in [-0.2, 0) is 0 Å². The number of hydrogen-bond donors (Lipinski definition) is 0. The molecule has 1 unspecified atom stereocenters. The first-order chi connectivity index (χ1) is 5.43. The molecule has 1 heteroatoms. The van der Waals surface area contributed by atoms with Gasteiger partial charge in [-0.3, -0.25) is 0 Å². The van der Waals surface area contributed by atoms with Crippen LogP contribution in [-0.4, -0.2) is 25.0 Å². The molecule has 1 saturated carbocycles. The van der Waals surface area contributed by atoms with E-state index in [1.807, 2.05) is 0 Å². The molecule has 0 saturated heterocycles. The molecule has 0 spiro atoms. The normalized spacial score (nSPS) is 35.5. The molecule has 1 fully saturated rings. The van der Waals surface area contributed by atoms with Crippen LogP contribution < -0.4 is 0 Å². The summed E-state index contributed by atoms with van der Waals surface area (Å²) in [6, 6.07) is 0.816. The smallest absolute Gasteiger partial charge is 0.00944 e. The van der Waals surface area contributed by atoms with Gasteiger partial charge in [0.05, 0.1) is 0 Å². The topological polar surface area (TPSA) is 3.24 Å². The molecule has 0 radical (unpaired) electrons. The predicted octanol–water partition coefficient (Wildman–Crippen LogP) is 2.76. The van der Waals surface area contributed by atoms with E-state index in [0.29, 0.717) is 5.41 Å². The van der Waals surface area contributed by atoms with Crippen LogP contribution in [0.3, 0.4) is 0 Å². The van der Waals surface area contributed by atoms with Crippen LogP contribution in [0.15, 0.2) is 0 Å². The van der Waals surface area contributed by atoms with Crippen molar-refractivity contribution < 1.29 is 0 Å². The van der Waals surface area contributed by atoms with Gasteiger partial charge in [0.1, 0.15) is 0 Å². The van der Waals surface area contributed by atoms with Crippen LogP contribution in [0.4, 0.5) is 0 Å². The molecule has 1 nitrogen and oxygen atoms in total. The van der Waals surface area contributed by atoms with Gasteiger partial charge in [-0.2, -0.15) is 0 Å². The molecular formula is C11H23N. The van der Waals surface area contributed by atoms with Gasteiger partial charge in [-0.05, 0) is 44.7 Å². The minimum atomic E-state index is 0.549. The van der Waals surface area contributed by atoms with Crippen LogP contribution in [0.5, 0.6) is 0 Å². The van der Waals surface area contributed by atoms with Gasteiger partial charge in [-0.15, -0.1) is 0 Å². The van der Waals surface area contributed by atoms with Gasteiger partial charge in [0.25, 0.3) is 0 Å². The Balaban J connectivity index is 2.57. The second-order valence-corrected chi connectivity index (χ2v) is 5.29. The highest BCUT2D eigenvalue weighted by Gasteiger charge is 2.34. The van der Waals surface area contributed by atoms with Crippen molar-refractivity contribution in [3.8, 4) is 0 Å². The summed E-state index contributed by atoms with van der Waals surface area (Å²) in [4.78, 5) is 2.38. The van der Waals surface area contributed by atoms with E-state index in [0.717, 1.165) is 12.0 Å². The SMILES string of the molecule is CC1CC[C@@H](N(C)C)CC1(C)C. The van der Waals surface area contributed by atoms with Gasteiger partial charge >= 0.3 is 0 Å². The van der Waals surface area contributed by atoms with Crippen molar-refractivity contribution in [2.75, 3.05) is 14.1 Å². The Bertz CT molecular complexity index is 149. The minimum absolute atomic E-state index is 0.549. The number of nitrogens with zero attached hydrogens (tertiary/aromatic N) is 1. The van der Waals surface area contributed by atoms with E-state index in [4.69, 9.17) is 0 Å². The Morgan fingerprint density at radius 3 is 2.17 bits per heavy atom. The molecule has 0 N–H and O–H groups in total. The second-order valence-electron chi connectivity index (χ2n) is 5.29. The molecule has 0 heterocycles. The summed E-state index contributed by atoms with van der Waals surface area (Å²) in [5.41, 5.74) is 0.549. The third-order valence-electron chi connectivity index (χ3n) is 3.76. The van der Waals surface area contributed by atoms with Crippen molar-refractivity contribution >= 4 is 0 Å². The van der Waals surface area contributed by atoms with E-state index in [9.17, 15) is 0 Å². The Kier molecular flexibility index (Phi) is 2.82. The molecule has 0 amide bonds. The summed E-state index contributed by atoms with van der Waals surface area (Å²) in [7, 11) is 4.41. The zero-order chi connectivity index (χ0) is 9.35. The van der Waals surface area contributed by atoms with E-state index < -0.39 is 0 Å². The van der Waals surface area contributed by atoms with Crippen LogP contribution in [0.2, 0.25) is 0 Å². The molecule has 0 aliphatic heterocycles. The van der Waals surface area contributed by atoms with Gasteiger partial charge < -0.3 is 4.90 Å². The van der Waals surface area contributed by atoms with E-state index in [1.165, 1.54) is 19.3 Å². The Hall–Kier alpha value is -0.0400. The maximum atomic E-state index is 2.41. The molecule has 12 heavy (non-hydrogen) atoms. The number of hydrogen-bond acceptors (Lipinski definition) is 1. The maximum Gasteiger partial charge on any atom is 0.00944 e.